The number of thiazole rings is 1. The van der Waals surface area contributed by atoms with Crippen LogP contribution in [0.5, 0.6) is 0 Å². The lowest BCUT2D eigenvalue weighted by Gasteiger charge is -2.49. The molecule has 2 amide bonds. The highest BCUT2D eigenvalue weighted by atomic mass is 32.2. The molecule has 0 spiro atoms. The Hall–Kier alpha value is -2.85. The third-order valence-electron chi connectivity index (χ3n) is 4.48. The molecule has 2 aromatic heterocycles. The van der Waals surface area contributed by atoms with Crippen LogP contribution in [-0.4, -0.2) is 82.4 Å². The van der Waals surface area contributed by atoms with Crippen LogP contribution < -0.4 is 16.4 Å². The summed E-state index contributed by atoms with van der Waals surface area (Å²) in [6, 6.07) is -0.786. The van der Waals surface area contributed by atoms with Crippen molar-refractivity contribution in [2.45, 2.75) is 16.6 Å². The molecule has 2 atom stereocenters. The van der Waals surface area contributed by atoms with Gasteiger partial charge in [-0.15, -0.1) is 28.2 Å². The maximum atomic E-state index is 12.7. The Kier molecular flexibility index (Phi) is 6.01. The molecule has 0 aliphatic carbocycles. The largest absolute Gasteiger partial charge is 0.477 e. The number of rotatable bonds is 8. The number of aryl methyl sites for hydroxylation is 1. The summed E-state index contributed by atoms with van der Waals surface area (Å²) in [6.07, 6.45) is 0. The fourth-order valence-electron chi connectivity index (χ4n) is 3.05. The van der Waals surface area contributed by atoms with Gasteiger partial charge in [0, 0.05) is 23.9 Å². The molecule has 0 unspecified atom stereocenters. The number of thioether (sulfide) groups is 2. The second-order valence-corrected chi connectivity index (χ2v) is 9.45. The Morgan fingerprint density at radius 1 is 1.45 bits per heavy atom. The molecule has 2 aliphatic heterocycles. The summed E-state index contributed by atoms with van der Waals surface area (Å²) in [7, 11) is 1.69. The number of nitrogens with two attached hydrogens (primary N) is 1. The number of aromatic nitrogens is 5. The molecule has 4 rings (SSSR count). The number of amides is 2. The molecule has 16 heteroatoms. The van der Waals surface area contributed by atoms with Crippen molar-refractivity contribution in [1.29, 1.82) is 0 Å². The van der Waals surface area contributed by atoms with E-state index in [0.717, 1.165) is 0 Å². The van der Waals surface area contributed by atoms with Crippen LogP contribution in [0.4, 0.5) is 10.9 Å². The van der Waals surface area contributed by atoms with E-state index < -0.39 is 29.2 Å². The summed E-state index contributed by atoms with van der Waals surface area (Å²) in [4.78, 5) is 42.0. The van der Waals surface area contributed by atoms with Gasteiger partial charge in [0.05, 0.1) is 6.54 Å². The highest BCUT2D eigenvalue weighted by Gasteiger charge is 2.54. The highest BCUT2D eigenvalue weighted by molar-refractivity contribution is 8.01. The van der Waals surface area contributed by atoms with Crippen LogP contribution in [0, 0.1) is 0 Å². The zero-order valence-corrected chi connectivity index (χ0v) is 18.5. The number of hydrogen-bond acceptors (Lipinski definition) is 12. The Morgan fingerprint density at radius 2 is 2.26 bits per heavy atom. The third kappa shape index (κ3) is 4.31. The van der Waals surface area contributed by atoms with Crippen LogP contribution in [0.1, 0.15) is 0 Å². The van der Waals surface area contributed by atoms with Crippen molar-refractivity contribution in [3.8, 4) is 0 Å². The van der Waals surface area contributed by atoms with Crippen molar-refractivity contribution in [2.24, 2.45) is 7.05 Å². The molecule has 31 heavy (non-hydrogen) atoms. The van der Waals surface area contributed by atoms with Crippen LogP contribution >= 0.6 is 34.9 Å². The minimum Gasteiger partial charge on any atom is -0.477 e. The number of carbonyl (C=O) groups is 3. The molecule has 0 radical (unpaired) electrons. The van der Waals surface area contributed by atoms with Gasteiger partial charge in [-0.05, 0) is 16.0 Å². The summed E-state index contributed by atoms with van der Waals surface area (Å²) in [5.74, 6) is -0.819. The molecule has 4 heterocycles. The number of carbonyl (C=O) groups excluding carboxylic acids is 2. The van der Waals surface area contributed by atoms with Gasteiger partial charge in [0.25, 0.3) is 5.91 Å². The first-order chi connectivity index (χ1) is 14.8. The van der Waals surface area contributed by atoms with Crippen LogP contribution in [0.2, 0.25) is 0 Å². The number of nitrogen functional groups attached to an aromatic ring is 1. The van der Waals surface area contributed by atoms with Crippen LogP contribution in [-0.2, 0) is 21.4 Å². The van der Waals surface area contributed by atoms with Gasteiger partial charge < -0.3 is 21.5 Å². The SMILES string of the molecule is Cn1nnnc1SCC1=C(C(=O)O)N2C(=O)[C@@H](NC(=O)CNc3csc(N)n3)[C@@H]2SC1. The Balaban J connectivity index is 1.39. The number of fused-ring (bicyclic) bond motifs is 1. The molecule has 2 aliphatic rings. The number of anilines is 2. The van der Waals surface area contributed by atoms with E-state index in [4.69, 9.17) is 5.73 Å². The van der Waals surface area contributed by atoms with Gasteiger partial charge in [-0.25, -0.2) is 14.5 Å². The first-order valence-electron chi connectivity index (χ1n) is 8.84. The van der Waals surface area contributed by atoms with E-state index in [9.17, 15) is 19.5 Å². The van der Waals surface area contributed by atoms with Crippen LogP contribution in [0.3, 0.4) is 0 Å². The van der Waals surface area contributed by atoms with E-state index in [1.807, 2.05) is 0 Å². The summed E-state index contributed by atoms with van der Waals surface area (Å²) in [6.45, 7) is -0.0837. The average molecular weight is 484 g/mol. The zero-order valence-electron chi connectivity index (χ0n) is 16.0. The number of nitrogens with zero attached hydrogens (tertiary/aromatic N) is 6. The molecule has 1 fully saturated rings. The van der Waals surface area contributed by atoms with E-state index in [2.05, 4.69) is 31.1 Å². The first-order valence-corrected chi connectivity index (χ1v) is 11.8. The van der Waals surface area contributed by atoms with Crippen molar-refractivity contribution in [1.82, 2.24) is 35.4 Å². The summed E-state index contributed by atoms with van der Waals surface area (Å²) in [5.41, 5.74) is 6.10. The van der Waals surface area contributed by atoms with Crippen molar-refractivity contribution in [2.75, 3.05) is 29.1 Å². The number of β-lactam (4-membered cyclic amide) rings is 1. The molecule has 0 saturated carbocycles. The lowest BCUT2D eigenvalue weighted by atomic mass is 10.0. The number of tetrazole rings is 1. The van der Waals surface area contributed by atoms with Gasteiger partial charge in [-0.2, -0.15) is 0 Å². The van der Waals surface area contributed by atoms with Crippen molar-refractivity contribution in [3.05, 3.63) is 16.7 Å². The van der Waals surface area contributed by atoms with Gasteiger partial charge in [-0.3, -0.25) is 14.5 Å². The van der Waals surface area contributed by atoms with E-state index in [1.54, 1.807) is 12.4 Å². The average Bonchev–Trinajstić information content (AvgIpc) is 3.35. The normalized spacial score (nSPS) is 20.3. The standard InChI is InChI=1S/C15H17N9O4S3/c1-23-15(20-21-22-23)31-4-6-3-29-12-9(11(26)24(12)10(6)13(27)28)19-8(25)2-17-7-5-30-14(16)18-7/h5,9,12,17H,2-4H2,1H3,(H2,16,18)(H,19,25)(H,27,28)/t9-,12+/m1/s1. The fourth-order valence-corrected chi connectivity index (χ4v) is 5.91. The second kappa shape index (κ2) is 8.72. The quantitative estimate of drug-likeness (QED) is 0.271. The minimum atomic E-state index is -1.18. The van der Waals surface area contributed by atoms with E-state index >= 15 is 0 Å². The van der Waals surface area contributed by atoms with Gasteiger partial charge in [0.15, 0.2) is 5.13 Å². The molecule has 0 bridgehead atoms. The number of carboxylic acids is 1. The predicted molar refractivity (Wildman–Crippen MR) is 114 cm³/mol. The van der Waals surface area contributed by atoms with E-state index in [-0.39, 0.29) is 12.2 Å². The molecular formula is C15H17N9O4S3. The van der Waals surface area contributed by atoms with Crippen molar-refractivity contribution in [3.63, 3.8) is 0 Å². The maximum absolute atomic E-state index is 12.7. The summed E-state index contributed by atoms with van der Waals surface area (Å²) >= 11 is 3.94. The molecule has 0 aromatic carbocycles. The molecule has 13 nitrogen and oxygen atoms in total. The minimum absolute atomic E-state index is 0.0436. The maximum Gasteiger partial charge on any atom is 0.352 e. The van der Waals surface area contributed by atoms with Gasteiger partial charge >= 0.3 is 5.97 Å². The third-order valence-corrected chi connectivity index (χ3v) is 7.59. The monoisotopic (exact) mass is 483 g/mol. The van der Waals surface area contributed by atoms with Crippen molar-refractivity contribution >= 4 is 63.6 Å². The summed E-state index contributed by atoms with van der Waals surface area (Å²) in [5, 5.41) is 28.5. The van der Waals surface area contributed by atoms with Crippen molar-refractivity contribution < 1.29 is 19.5 Å². The Morgan fingerprint density at radius 3 is 2.90 bits per heavy atom. The molecule has 5 N–H and O–H groups in total. The molecule has 164 valence electrons. The first kappa shape index (κ1) is 21.4. The number of aliphatic carboxylic acids is 1. The number of hydrogen-bond donors (Lipinski definition) is 4. The zero-order chi connectivity index (χ0) is 22.1. The Labute approximate surface area is 187 Å². The lowest BCUT2D eigenvalue weighted by molar-refractivity contribution is -0.150. The van der Waals surface area contributed by atoms with E-state index in [0.29, 0.717) is 33.2 Å². The van der Waals surface area contributed by atoms with Crippen LogP contribution in [0.15, 0.2) is 21.8 Å². The predicted octanol–water partition coefficient (Wildman–Crippen LogP) is -0.808. The lowest BCUT2D eigenvalue weighted by Crippen LogP contribution is -2.71. The Bertz CT molecular complexity index is 1070. The molecule has 2 aromatic rings. The smallest absolute Gasteiger partial charge is 0.352 e. The molecule has 1 saturated heterocycles. The van der Waals surface area contributed by atoms with Gasteiger partial charge in [0.2, 0.25) is 11.1 Å². The van der Waals surface area contributed by atoms with E-state index in [1.165, 1.54) is 44.4 Å². The number of carboxylic acid groups (broad SMARTS) is 1. The summed E-state index contributed by atoms with van der Waals surface area (Å²) < 4.78 is 1.48. The highest BCUT2D eigenvalue weighted by Crippen LogP contribution is 2.41. The van der Waals surface area contributed by atoms with Gasteiger partial charge in [-0.1, -0.05) is 11.8 Å². The van der Waals surface area contributed by atoms with Gasteiger partial charge in [0.1, 0.15) is 22.9 Å². The number of nitrogens with one attached hydrogen (secondary N) is 2. The second-order valence-electron chi connectivity index (χ2n) is 6.51. The topological polar surface area (TPSA) is 181 Å². The molecular weight excluding hydrogens is 466 g/mol. The van der Waals surface area contributed by atoms with Crippen LogP contribution in [0.25, 0.3) is 0 Å². The fraction of sp³-hybridized carbons (Fsp3) is 0.400.